The van der Waals surface area contributed by atoms with E-state index in [-0.39, 0.29) is 12.2 Å². The van der Waals surface area contributed by atoms with Crippen molar-refractivity contribution in [1.82, 2.24) is 9.99 Å². The molecule has 0 aliphatic carbocycles. The highest BCUT2D eigenvalue weighted by atomic mass is 16.1. The van der Waals surface area contributed by atoms with Crippen molar-refractivity contribution in [3.05, 3.63) is 59.4 Å². The number of carbonyl (C=O) groups excluding carboxylic acids is 1. The molecule has 2 aliphatic heterocycles. The standard InChI is InChI=1S/C18H18N4O/c1-12-10-16-15(8-9-18-20-19-13(2)22(16)18)21(12)17(11-23)14-6-4-3-5-7-14/h3-11,17-18,20H,1-2H3. The zero-order chi connectivity index (χ0) is 16.0. The maximum Gasteiger partial charge on any atom is 0.147 e. The molecule has 0 bridgehead atoms. The Morgan fingerprint density at radius 3 is 2.78 bits per heavy atom. The molecule has 0 spiro atoms. The minimum Gasteiger partial charge on any atom is -0.329 e. The van der Waals surface area contributed by atoms with Crippen molar-refractivity contribution < 1.29 is 4.79 Å². The Morgan fingerprint density at radius 2 is 2.04 bits per heavy atom. The summed E-state index contributed by atoms with van der Waals surface area (Å²) < 4.78 is 2.09. The number of benzene rings is 1. The molecule has 116 valence electrons. The van der Waals surface area contributed by atoms with Crippen LogP contribution in [0.15, 0.2) is 47.6 Å². The number of aromatic nitrogens is 1. The first-order chi connectivity index (χ1) is 11.2. The molecule has 2 aliphatic rings. The van der Waals surface area contributed by atoms with E-state index in [4.69, 9.17) is 0 Å². The van der Waals surface area contributed by atoms with Gasteiger partial charge >= 0.3 is 0 Å². The zero-order valence-electron chi connectivity index (χ0n) is 13.1. The van der Waals surface area contributed by atoms with Crippen molar-refractivity contribution in [2.45, 2.75) is 26.1 Å². The first-order valence-corrected chi connectivity index (χ1v) is 7.70. The van der Waals surface area contributed by atoms with Crippen LogP contribution in [0.3, 0.4) is 0 Å². The highest BCUT2D eigenvalue weighted by Crippen LogP contribution is 2.36. The Kier molecular flexibility index (Phi) is 3.08. The number of aryl methyl sites for hydroxylation is 1. The second kappa shape index (κ2) is 5.12. The van der Waals surface area contributed by atoms with Crippen LogP contribution in [0.5, 0.6) is 0 Å². The lowest BCUT2D eigenvalue weighted by Gasteiger charge is -2.28. The second-order valence-electron chi connectivity index (χ2n) is 5.88. The predicted molar refractivity (Wildman–Crippen MR) is 91.4 cm³/mol. The number of aldehydes is 1. The van der Waals surface area contributed by atoms with Crippen molar-refractivity contribution >= 4 is 23.9 Å². The van der Waals surface area contributed by atoms with Gasteiger partial charge in [-0.3, -0.25) is 5.43 Å². The van der Waals surface area contributed by atoms with Gasteiger partial charge in [-0.1, -0.05) is 30.3 Å². The molecule has 1 aromatic carbocycles. The third kappa shape index (κ3) is 2.00. The highest BCUT2D eigenvalue weighted by molar-refractivity contribution is 6.01. The maximum atomic E-state index is 11.8. The van der Waals surface area contributed by atoms with Crippen LogP contribution in [-0.2, 0) is 4.79 Å². The van der Waals surface area contributed by atoms with E-state index in [2.05, 4.69) is 38.2 Å². The summed E-state index contributed by atoms with van der Waals surface area (Å²) in [5.74, 6) is 0.931. The molecule has 2 unspecified atom stereocenters. The van der Waals surface area contributed by atoms with Crippen molar-refractivity contribution in [3.63, 3.8) is 0 Å². The Hall–Kier alpha value is -2.82. The number of hydrogen-bond donors (Lipinski definition) is 1. The van der Waals surface area contributed by atoms with Gasteiger partial charge in [0.05, 0.1) is 11.4 Å². The summed E-state index contributed by atoms with van der Waals surface area (Å²) in [6, 6.07) is 11.7. The second-order valence-corrected chi connectivity index (χ2v) is 5.88. The summed E-state index contributed by atoms with van der Waals surface area (Å²) in [4.78, 5) is 14.0. The number of hydrazone groups is 1. The van der Waals surface area contributed by atoms with Gasteiger partial charge in [0.25, 0.3) is 0 Å². The van der Waals surface area contributed by atoms with Crippen LogP contribution in [0, 0.1) is 6.92 Å². The van der Waals surface area contributed by atoms with Crippen molar-refractivity contribution in [2.75, 3.05) is 4.90 Å². The SMILES string of the molecule is CC1=NNC2C=Cc3c(cc(C)n3C(C=O)c3ccccc3)N12. The summed E-state index contributed by atoms with van der Waals surface area (Å²) in [5.41, 5.74) is 7.27. The highest BCUT2D eigenvalue weighted by Gasteiger charge is 2.32. The molecule has 5 heteroatoms. The molecule has 0 radical (unpaired) electrons. The fourth-order valence-electron chi connectivity index (χ4n) is 3.43. The molecule has 1 aromatic heterocycles. The summed E-state index contributed by atoms with van der Waals surface area (Å²) in [7, 11) is 0. The molecule has 2 aromatic rings. The number of anilines is 1. The Morgan fingerprint density at radius 1 is 1.26 bits per heavy atom. The van der Waals surface area contributed by atoms with E-state index in [0.29, 0.717) is 0 Å². The topological polar surface area (TPSA) is 49.6 Å². The van der Waals surface area contributed by atoms with Crippen molar-refractivity contribution in [1.29, 1.82) is 0 Å². The van der Waals surface area contributed by atoms with E-state index in [1.807, 2.05) is 44.2 Å². The lowest BCUT2D eigenvalue weighted by Crippen LogP contribution is -2.39. The molecule has 0 saturated heterocycles. The Balaban J connectivity index is 1.86. The van der Waals surface area contributed by atoms with Crippen molar-refractivity contribution in [3.8, 4) is 0 Å². The van der Waals surface area contributed by atoms with Crippen LogP contribution in [0.4, 0.5) is 5.69 Å². The van der Waals surface area contributed by atoms with Gasteiger partial charge < -0.3 is 14.3 Å². The monoisotopic (exact) mass is 306 g/mol. The lowest BCUT2D eigenvalue weighted by molar-refractivity contribution is -0.109. The fraction of sp³-hybridized carbons (Fsp3) is 0.222. The molecule has 3 heterocycles. The quantitative estimate of drug-likeness (QED) is 0.887. The summed E-state index contributed by atoms with van der Waals surface area (Å²) in [6.07, 6.45) is 5.21. The van der Waals surface area contributed by atoms with Gasteiger partial charge in [0.15, 0.2) is 0 Å². The average Bonchev–Trinajstić information content (AvgIpc) is 3.10. The molecule has 2 atom stereocenters. The maximum absolute atomic E-state index is 11.8. The molecule has 5 nitrogen and oxygen atoms in total. The van der Waals surface area contributed by atoms with E-state index < -0.39 is 0 Å². The largest absolute Gasteiger partial charge is 0.329 e. The molecule has 23 heavy (non-hydrogen) atoms. The van der Waals surface area contributed by atoms with Gasteiger partial charge in [-0.05, 0) is 37.6 Å². The summed E-state index contributed by atoms with van der Waals surface area (Å²) >= 11 is 0. The predicted octanol–water partition coefficient (Wildman–Crippen LogP) is 2.68. The fourth-order valence-corrected chi connectivity index (χ4v) is 3.43. The van der Waals surface area contributed by atoms with E-state index >= 15 is 0 Å². The van der Waals surface area contributed by atoms with Crippen LogP contribution in [0.1, 0.15) is 29.9 Å². The number of hydrogen-bond acceptors (Lipinski definition) is 4. The van der Waals surface area contributed by atoms with E-state index in [9.17, 15) is 4.79 Å². The number of nitrogens with one attached hydrogen (secondary N) is 1. The summed E-state index contributed by atoms with van der Waals surface area (Å²) in [6.45, 7) is 4.02. The van der Waals surface area contributed by atoms with E-state index in [0.717, 1.165) is 34.8 Å². The molecule has 0 saturated carbocycles. The third-order valence-corrected chi connectivity index (χ3v) is 4.48. The Labute approximate surface area is 134 Å². The van der Waals surface area contributed by atoms with Gasteiger partial charge in [0, 0.05) is 5.69 Å². The van der Waals surface area contributed by atoms with Crippen LogP contribution in [0.25, 0.3) is 6.08 Å². The zero-order valence-corrected chi connectivity index (χ0v) is 13.1. The number of rotatable bonds is 3. The van der Waals surface area contributed by atoms with Crippen LogP contribution in [-0.4, -0.2) is 22.9 Å². The lowest BCUT2D eigenvalue weighted by atomic mass is 10.1. The molecule has 0 fully saturated rings. The van der Waals surface area contributed by atoms with Crippen LogP contribution < -0.4 is 10.3 Å². The molecule has 0 amide bonds. The third-order valence-electron chi connectivity index (χ3n) is 4.48. The van der Waals surface area contributed by atoms with Gasteiger partial charge in [-0.2, -0.15) is 5.10 Å². The Bertz CT molecular complexity index is 819. The van der Waals surface area contributed by atoms with E-state index in [1.165, 1.54) is 0 Å². The van der Waals surface area contributed by atoms with Gasteiger partial charge in [-0.25, -0.2) is 0 Å². The first-order valence-electron chi connectivity index (χ1n) is 7.70. The molecular weight excluding hydrogens is 288 g/mol. The molecule has 4 rings (SSSR count). The number of carbonyl (C=O) groups is 1. The number of nitrogens with zero attached hydrogens (tertiary/aromatic N) is 3. The minimum absolute atomic E-state index is 0.0594. The summed E-state index contributed by atoms with van der Waals surface area (Å²) in [5, 5.41) is 4.30. The molecule has 1 N–H and O–H groups in total. The smallest absolute Gasteiger partial charge is 0.147 e. The van der Waals surface area contributed by atoms with Crippen LogP contribution >= 0.6 is 0 Å². The van der Waals surface area contributed by atoms with E-state index in [1.54, 1.807) is 0 Å². The average molecular weight is 306 g/mol. The van der Waals surface area contributed by atoms with Gasteiger partial charge in [0.2, 0.25) is 0 Å². The first kappa shape index (κ1) is 13.8. The van der Waals surface area contributed by atoms with Gasteiger partial charge in [0.1, 0.15) is 24.3 Å². The van der Waals surface area contributed by atoms with Crippen molar-refractivity contribution in [2.24, 2.45) is 5.10 Å². The number of amidine groups is 1. The molecular formula is C18H18N4O. The van der Waals surface area contributed by atoms with Gasteiger partial charge in [-0.15, -0.1) is 0 Å². The minimum atomic E-state index is -0.325. The van der Waals surface area contributed by atoms with Crippen LogP contribution in [0.2, 0.25) is 0 Å². The number of fused-ring (bicyclic) bond motifs is 3. The normalized spacial score (nSPS) is 19.7.